The first kappa shape index (κ1) is 15.2. The van der Waals surface area contributed by atoms with Gasteiger partial charge in [-0.3, -0.25) is 9.78 Å². The number of fused-ring (bicyclic) bond motifs is 3. The van der Waals surface area contributed by atoms with E-state index in [-0.39, 0.29) is 0 Å². The van der Waals surface area contributed by atoms with Crippen LogP contribution in [-0.4, -0.2) is 23.0 Å². The van der Waals surface area contributed by atoms with E-state index in [2.05, 4.69) is 9.97 Å². The number of ether oxygens (including phenoxy) is 1. The molecule has 5 nitrogen and oxygen atoms in total. The van der Waals surface area contributed by atoms with Gasteiger partial charge in [0, 0.05) is 28.1 Å². The zero-order chi connectivity index (χ0) is 17.6. The van der Waals surface area contributed by atoms with E-state index < -0.39 is 5.91 Å². The Balaban J connectivity index is 2.08. The van der Waals surface area contributed by atoms with Crippen LogP contribution in [-0.2, 0) is 0 Å². The first-order valence-corrected chi connectivity index (χ1v) is 7.94. The van der Waals surface area contributed by atoms with Crippen LogP contribution in [0, 0.1) is 6.92 Å². The molecule has 0 unspecified atom stereocenters. The summed E-state index contributed by atoms with van der Waals surface area (Å²) in [5.41, 5.74) is 10.8. The SMILES string of the molecule is COc1ccc(-c2cc(C(N)=O)cc3c2[nH]c2c(C)nccc23)cc1. The van der Waals surface area contributed by atoms with Gasteiger partial charge >= 0.3 is 0 Å². The molecule has 0 spiro atoms. The van der Waals surface area contributed by atoms with E-state index in [1.54, 1.807) is 13.3 Å². The van der Waals surface area contributed by atoms with Crippen LogP contribution in [0.4, 0.5) is 0 Å². The molecule has 4 rings (SSSR count). The maximum Gasteiger partial charge on any atom is 0.248 e. The molecule has 0 aliphatic rings. The standard InChI is InChI=1S/C20H17N3O2/c1-11-18-15(7-8-22-11)17-10-13(20(21)24)9-16(19(17)23-18)12-3-5-14(25-2)6-4-12/h3-10,23H,1-2H3,(H2,21,24). The Morgan fingerprint density at radius 3 is 2.52 bits per heavy atom. The van der Waals surface area contributed by atoms with Gasteiger partial charge in [-0.2, -0.15) is 0 Å². The van der Waals surface area contributed by atoms with Crippen molar-refractivity contribution in [1.82, 2.24) is 9.97 Å². The maximum atomic E-state index is 11.8. The van der Waals surface area contributed by atoms with E-state index in [1.807, 2.05) is 49.4 Å². The largest absolute Gasteiger partial charge is 0.497 e. The van der Waals surface area contributed by atoms with E-state index in [0.29, 0.717) is 5.56 Å². The predicted molar refractivity (Wildman–Crippen MR) is 98.8 cm³/mol. The van der Waals surface area contributed by atoms with Crippen molar-refractivity contribution in [3.8, 4) is 16.9 Å². The summed E-state index contributed by atoms with van der Waals surface area (Å²) in [7, 11) is 1.63. The normalized spacial score (nSPS) is 11.1. The van der Waals surface area contributed by atoms with Crippen molar-refractivity contribution < 1.29 is 9.53 Å². The molecule has 4 aromatic rings. The van der Waals surface area contributed by atoms with Gasteiger partial charge in [0.25, 0.3) is 0 Å². The highest BCUT2D eigenvalue weighted by molar-refractivity contribution is 6.14. The Morgan fingerprint density at radius 1 is 1.08 bits per heavy atom. The number of aryl methyl sites for hydroxylation is 1. The summed E-state index contributed by atoms with van der Waals surface area (Å²) in [4.78, 5) is 19.6. The Labute approximate surface area is 144 Å². The molecule has 0 saturated heterocycles. The second-order valence-electron chi connectivity index (χ2n) is 5.98. The fraction of sp³-hybridized carbons (Fsp3) is 0.100. The quantitative estimate of drug-likeness (QED) is 0.599. The van der Waals surface area contributed by atoms with E-state index >= 15 is 0 Å². The Morgan fingerprint density at radius 2 is 1.84 bits per heavy atom. The molecule has 2 aromatic heterocycles. The van der Waals surface area contributed by atoms with Crippen LogP contribution in [0.15, 0.2) is 48.7 Å². The third-order valence-corrected chi connectivity index (χ3v) is 4.50. The number of H-pyrrole nitrogens is 1. The van der Waals surface area contributed by atoms with Crippen LogP contribution in [0.2, 0.25) is 0 Å². The topological polar surface area (TPSA) is 81.0 Å². The van der Waals surface area contributed by atoms with Crippen molar-refractivity contribution in [3.05, 3.63) is 59.9 Å². The molecule has 0 saturated carbocycles. The van der Waals surface area contributed by atoms with Crippen molar-refractivity contribution >= 4 is 27.7 Å². The zero-order valence-electron chi connectivity index (χ0n) is 14.0. The third kappa shape index (κ3) is 2.41. The number of benzene rings is 2. The lowest BCUT2D eigenvalue weighted by molar-refractivity contribution is 0.100. The number of aromatic amines is 1. The minimum absolute atomic E-state index is 0.447. The molecule has 2 aromatic carbocycles. The highest BCUT2D eigenvalue weighted by Crippen LogP contribution is 2.35. The molecular weight excluding hydrogens is 314 g/mol. The van der Waals surface area contributed by atoms with Crippen LogP contribution in [0.25, 0.3) is 32.9 Å². The molecule has 0 bridgehead atoms. The molecule has 0 aliphatic heterocycles. The number of pyridine rings is 1. The number of hydrogen-bond acceptors (Lipinski definition) is 3. The van der Waals surface area contributed by atoms with Gasteiger partial charge in [-0.25, -0.2) is 0 Å². The summed E-state index contributed by atoms with van der Waals surface area (Å²) in [5.74, 6) is 0.333. The molecule has 3 N–H and O–H groups in total. The summed E-state index contributed by atoms with van der Waals surface area (Å²) in [6, 6.07) is 13.3. The van der Waals surface area contributed by atoms with Gasteiger partial charge in [-0.15, -0.1) is 0 Å². The number of hydrogen-bond donors (Lipinski definition) is 2. The molecule has 124 valence electrons. The second kappa shape index (κ2) is 5.63. The van der Waals surface area contributed by atoms with Crippen molar-refractivity contribution in [2.45, 2.75) is 6.92 Å². The van der Waals surface area contributed by atoms with Gasteiger partial charge < -0.3 is 15.5 Å². The molecule has 25 heavy (non-hydrogen) atoms. The lowest BCUT2D eigenvalue weighted by Crippen LogP contribution is -2.10. The Kier molecular flexibility index (Phi) is 3.42. The number of rotatable bonds is 3. The maximum absolute atomic E-state index is 11.8. The molecule has 2 heterocycles. The van der Waals surface area contributed by atoms with Gasteiger partial charge in [-0.05, 0) is 42.8 Å². The summed E-state index contributed by atoms with van der Waals surface area (Å²) in [6.07, 6.45) is 1.77. The molecule has 1 amide bonds. The second-order valence-corrected chi connectivity index (χ2v) is 5.98. The highest BCUT2D eigenvalue weighted by atomic mass is 16.5. The lowest BCUT2D eigenvalue weighted by Gasteiger charge is -2.08. The summed E-state index contributed by atoms with van der Waals surface area (Å²) in [5, 5.41) is 1.99. The van der Waals surface area contributed by atoms with E-state index in [0.717, 1.165) is 44.4 Å². The first-order chi connectivity index (χ1) is 12.1. The molecule has 0 fully saturated rings. The molecule has 0 aliphatic carbocycles. The molecule has 5 heteroatoms. The number of carbonyl (C=O) groups is 1. The minimum atomic E-state index is -0.447. The van der Waals surface area contributed by atoms with Crippen LogP contribution in [0.5, 0.6) is 5.75 Å². The molecule has 0 radical (unpaired) electrons. The monoisotopic (exact) mass is 331 g/mol. The number of aromatic nitrogens is 2. The highest BCUT2D eigenvalue weighted by Gasteiger charge is 2.15. The fourth-order valence-corrected chi connectivity index (χ4v) is 3.20. The number of carbonyl (C=O) groups excluding carboxylic acids is 1. The van der Waals surface area contributed by atoms with Gasteiger partial charge in [0.2, 0.25) is 5.91 Å². The average Bonchev–Trinajstić information content (AvgIpc) is 3.01. The van der Waals surface area contributed by atoms with Crippen molar-refractivity contribution in [2.24, 2.45) is 5.73 Å². The van der Waals surface area contributed by atoms with Crippen molar-refractivity contribution in [1.29, 1.82) is 0 Å². The molecule has 0 atom stereocenters. The van der Waals surface area contributed by atoms with Gasteiger partial charge in [-0.1, -0.05) is 12.1 Å². The van der Waals surface area contributed by atoms with Gasteiger partial charge in [0.15, 0.2) is 0 Å². The zero-order valence-corrected chi connectivity index (χ0v) is 14.0. The Bertz CT molecular complexity index is 1110. The predicted octanol–water partition coefficient (Wildman–Crippen LogP) is 3.80. The lowest BCUT2D eigenvalue weighted by atomic mass is 9.98. The van der Waals surface area contributed by atoms with E-state index in [9.17, 15) is 4.79 Å². The number of primary amides is 1. The van der Waals surface area contributed by atoms with E-state index in [1.165, 1.54) is 0 Å². The summed E-state index contributed by atoms with van der Waals surface area (Å²) >= 11 is 0. The van der Waals surface area contributed by atoms with Crippen LogP contribution in [0.3, 0.4) is 0 Å². The van der Waals surface area contributed by atoms with Gasteiger partial charge in [0.05, 0.1) is 23.8 Å². The summed E-state index contributed by atoms with van der Waals surface area (Å²) in [6.45, 7) is 1.96. The molecular formula is C20H17N3O2. The van der Waals surface area contributed by atoms with Crippen LogP contribution in [0.1, 0.15) is 16.1 Å². The smallest absolute Gasteiger partial charge is 0.248 e. The fourth-order valence-electron chi connectivity index (χ4n) is 3.20. The number of amides is 1. The summed E-state index contributed by atoms with van der Waals surface area (Å²) < 4.78 is 5.23. The number of nitrogens with zero attached hydrogens (tertiary/aromatic N) is 1. The third-order valence-electron chi connectivity index (χ3n) is 4.50. The van der Waals surface area contributed by atoms with Crippen LogP contribution >= 0.6 is 0 Å². The number of methoxy groups -OCH3 is 1. The van der Waals surface area contributed by atoms with E-state index in [4.69, 9.17) is 10.5 Å². The average molecular weight is 331 g/mol. The Hall–Kier alpha value is -3.34. The number of nitrogens with two attached hydrogens (primary N) is 1. The van der Waals surface area contributed by atoms with Crippen LogP contribution < -0.4 is 10.5 Å². The minimum Gasteiger partial charge on any atom is -0.497 e. The van der Waals surface area contributed by atoms with Crippen molar-refractivity contribution in [2.75, 3.05) is 7.11 Å². The number of nitrogens with one attached hydrogen (secondary N) is 1. The first-order valence-electron chi connectivity index (χ1n) is 7.94. The van der Waals surface area contributed by atoms with Crippen molar-refractivity contribution in [3.63, 3.8) is 0 Å². The van der Waals surface area contributed by atoms with Gasteiger partial charge in [0.1, 0.15) is 5.75 Å².